The minimum Gasteiger partial charge on any atom is -0.392 e. The van der Waals surface area contributed by atoms with Crippen LogP contribution in [0.4, 0.5) is 0 Å². The van der Waals surface area contributed by atoms with Crippen LogP contribution < -0.4 is 0 Å². The zero-order valence-corrected chi connectivity index (χ0v) is 6.35. The van der Waals surface area contributed by atoms with Gasteiger partial charge in [-0.25, -0.2) is 0 Å². The Hall–Kier alpha value is -0.630. The number of ketones is 1. The lowest BCUT2D eigenvalue weighted by Gasteiger charge is -2.18. The third-order valence-electron chi connectivity index (χ3n) is 2.02. The number of hydrogen-bond acceptors (Lipinski definition) is 2. The molecule has 0 spiro atoms. The van der Waals surface area contributed by atoms with Crippen molar-refractivity contribution in [3.63, 3.8) is 0 Å². The second kappa shape index (κ2) is 2.54. The van der Waals surface area contributed by atoms with Crippen molar-refractivity contribution in [2.45, 2.75) is 32.8 Å². The molecule has 0 bridgehead atoms. The van der Waals surface area contributed by atoms with Crippen LogP contribution in [0.2, 0.25) is 0 Å². The zero-order chi connectivity index (χ0) is 7.72. The van der Waals surface area contributed by atoms with Gasteiger partial charge < -0.3 is 5.11 Å². The van der Waals surface area contributed by atoms with Gasteiger partial charge in [-0.3, -0.25) is 4.79 Å². The van der Waals surface area contributed by atoms with Gasteiger partial charge in [0.25, 0.3) is 0 Å². The number of rotatable bonds is 0. The first kappa shape index (κ1) is 7.48. The SMILES string of the molecule is CC1=C(C)C(=O)CC(O)C1. The van der Waals surface area contributed by atoms with Gasteiger partial charge in [-0.05, 0) is 25.8 Å². The Bertz CT molecular complexity index is 191. The monoisotopic (exact) mass is 140 g/mol. The lowest BCUT2D eigenvalue weighted by molar-refractivity contribution is -0.118. The predicted octanol–water partition coefficient (Wildman–Crippen LogP) is 1.05. The van der Waals surface area contributed by atoms with E-state index in [0.717, 1.165) is 11.1 Å². The molecular formula is C8H12O2. The molecule has 1 N–H and O–H groups in total. The minimum atomic E-state index is -0.434. The van der Waals surface area contributed by atoms with Crippen molar-refractivity contribution in [2.75, 3.05) is 0 Å². The van der Waals surface area contributed by atoms with Crippen molar-refractivity contribution < 1.29 is 9.90 Å². The summed E-state index contributed by atoms with van der Waals surface area (Å²) >= 11 is 0. The average Bonchev–Trinajstić information content (AvgIpc) is 1.82. The van der Waals surface area contributed by atoms with Crippen molar-refractivity contribution in [1.29, 1.82) is 0 Å². The number of hydrogen-bond donors (Lipinski definition) is 1. The van der Waals surface area contributed by atoms with Crippen LogP contribution in [0, 0.1) is 0 Å². The molecule has 0 saturated heterocycles. The Morgan fingerprint density at radius 3 is 2.50 bits per heavy atom. The molecule has 0 aromatic rings. The van der Waals surface area contributed by atoms with Gasteiger partial charge in [0.1, 0.15) is 0 Å². The lowest BCUT2D eigenvalue weighted by atomic mass is 9.91. The summed E-state index contributed by atoms with van der Waals surface area (Å²) in [6.45, 7) is 3.72. The number of Topliss-reactive ketones (excluding diaryl/α,β-unsaturated/α-hetero) is 1. The fourth-order valence-corrected chi connectivity index (χ4v) is 1.18. The third kappa shape index (κ3) is 1.27. The van der Waals surface area contributed by atoms with Crippen LogP contribution >= 0.6 is 0 Å². The molecule has 0 aliphatic heterocycles. The van der Waals surface area contributed by atoms with Crippen molar-refractivity contribution in [3.05, 3.63) is 11.1 Å². The molecule has 56 valence electrons. The quantitative estimate of drug-likeness (QED) is 0.546. The van der Waals surface area contributed by atoms with E-state index < -0.39 is 6.10 Å². The second-order valence-corrected chi connectivity index (χ2v) is 2.89. The summed E-state index contributed by atoms with van der Waals surface area (Å²) in [5.41, 5.74) is 1.87. The Morgan fingerprint density at radius 2 is 2.00 bits per heavy atom. The molecule has 1 aliphatic carbocycles. The largest absolute Gasteiger partial charge is 0.392 e. The summed E-state index contributed by atoms with van der Waals surface area (Å²) in [5.74, 6) is 0.0938. The van der Waals surface area contributed by atoms with E-state index in [1.54, 1.807) is 0 Å². The highest BCUT2D eigenvalue weighted by atomic mass is 16.3. The van der Waals surface area contributed by atoms with E-state index in [0.29, 0.717) is 12.8 Å². The number of aliphatic hydroxyl groups excluding tert-OH is 1. The van der Waals surface area contributed by atoms with E-state index in [4.69, 9.17) is 5.11 Å². The van der Waals surface area contributed by atoms with E-state index in [1.165, 1.54) is 0 Å². The van der Waals surface area contributed by atoms with Crippen LogP contribution in [0.3, 0.4) is 0 Å². The summed E-state index contributed by atoms with van der Waals surface area (Å²) in [4.78, 5) is 11.0. The van der Waals surface area contributed by atoms with Gasteiger partial charge >= 0.3 is 0 Å². The van der Waals surface area contributed by atoms with Gasteiger partial charge in [0, 0.05) is 6.42 Å². The topological polar surface area (TPSA) is 37.3 Å². The minimum absolute atomic E-state index is 0.0938. The van der Waals surface area contributed by atoms with Gasteiger partial charge in [0.2, 0.25) is 0 Å². The van der Waals surface area contributed by atoms with Gasteiger partial charge in [0.15, 0.2) is 5.78 Å². The number of aliphatic hydroxyl groups is 1. The van der Waals surface area contributed by atoms with Crippen molar-refractivity contribution in [3.8, 4) is 0 Å². The van der Waals surface area contributed by atoms with Gasteiger partial charge in [-0.15, -0.1) is 0 Å². The maximum absolute atomic E-state index is 11.0. The number of carbonyl (C=O) groups is 1. The molecule has 1 aliphatic rings. The molecule has 10 heavy (non-hydrogen) atoms. The molecule has 0 aromatic heterocycles. The van der Waals surface area contributed by atoms with Crippen LogP contribution in [0.1, 0.15) is 26.7 Å². The molecule has 2 heteroatoms. The molecule has 0 radical (unpaired) electrons. The standard InChI is InChI=1S/C8H12O2/c1-5-3-7(9)4-8(10)6(5)2/h7,9H,3-4H2,1-2H3. The molecule has 0 fully saturated rings. The molecule has 0 saturated carbocycles. The van der Waals surface area contributed by atoms with Gasteiger partial charge in [-0.1, -0.05) is 5.57 Å². The van der Waals surface area contributed by atoms with E-state index in [2.05, 4.69) is 0 Å². The van der Waals surface area contributed by atoms with Crippen molar-refractivity contribution in [1.82, 2.24) is 0 Å². The van der Waals surface area contributed by atoms with E-state index in [1.807, 2.05) is 13.8 Å². The van der Waals surface area contributed by atoms with Crippen LogP contribution in [-0.2, 0) is 4.79 Å². The molecule has 1 unspecified atom stereocenters. The highest BCUT2D eigenvalue weighted by Crippen LogP contribution is 2.20. The summed E-state index contributed by atoms with van der Waals surface area (Å²) in [6, 6.07) is 0. The smallest absolute Gasteiger partial charge is 0.161 e. The second-order valence-electron chi connectivity index (χ2n) is 2.89. The maximum Gasteiger partial charge on any atom is 0.161 e. The average molecular weight is 140 g/mol. The highest BCUT2D eigenvalue weighted by molar-refractivity contribution is 5.96. The Balaban J connectivity index is 2.85. The molecule has 1 rings (SSSR count). The van der Waals surface area contributed by atoms with Gasteiger partial charge in [-0.2, -0.15) is 0 Å². The Kier molecular flexibility index (Phi) is 1.90. The fraction of sp³-hybridized carbons (Fsp3) is 0.625. The summed E-state index contributed by atoms with van der Waals surface area (Å²) in [6.07, 6.45) is 0.539. The molecular weight excluding hydrogens is 128 g/mol. The molecule has 2 nitrogen and oxygen atoms in total. The predicted molar refractivity (Wildman–Crippen MR) is 38.6 cm³/mol. The molecule has 1 atom stereocenters. The molecule has 0 amide bonds. The zero-order valence-electron chi connectivity index (χ0n) is 6.35. The lowest BCUT2D eigenvalue weighted by Crippen LogP contribution is -2.20. The third-order valence-corrected chi connectivity index (χ3v) is 2.02. The van der Waals surface area contributed by atoms with E-state index >= 15 is 0 Å². The van der Waals surface area contributed by atoms with Crippen LogP contribution in [0.25, 0.3) is 0 Å². The first-order valence-corrected chi connectivity index (χ1v) is 3.49. The Morgan fingerprint density at radius 1 is 1.40 bits per heavy atom. The fourth-order valence-electron chi connectivity index (χ4n) is 1.18. The van der Waals surface area contributed by atoms with E-state index in [-0.39, 0.29) is 5.78 Å². The highest BCUT2D eigenvalue weighted by Gasteiger charge is 2.20. The Labute approximate surface area is 60.6 Å². The van der Waals surface area contributed by atoms with Crippen LogP contribution in [0.15, 0.2) is 11.1 Å². The molecule has 0 aromatic carbocycles. The van der Waals surface area contributed by atoms with E-state index in [9.17, 15) is 4.79 Å². The van der Waals surface area contributed by atoms with Gasteiger partial charge in [0.05, 0.1) is 6.10 Å². The summed E-state index contributed by atoms with van der Waals surface area (Å²) in [7, 11) is 0. The first-order chi connectivity index (χ1) is 4.61. The summed E-state index contributed by atoms with van der Waals surface area (Å²) < 4.78 is 0. The normalized spacial score (nSPS) is 27.5. The van der Waals surface area contributed by atoms with Crippen molar-refractivity contribution >= 4 is 5.78 Å². The first-order valence-electron chi connectivity index (χ1n) is 3.49. The van der Waals surface area contributed by atoms with Crippen LogP contribution in [-0.4, -0.2) is 17.0 Å². The van der Waals surface area contributed by atoms with Crippen molar-refractivity contribution in [2.24, 2.45) is 0 Å². The number of allylic oxidation sites excluding steroid dienone is 1. The van der Waals surface area contributed by atoms with Crippen LogP contribution in [0.5, 0.6) is 0 Å². The number of carbonyl (C=O) groups excluding carboxylic acids is 1. The summed E-state index contributed by atoms with van der Waals surface area (Å²) in [5, 5.41) is 9.11. The maximum atomic E-state index is 11.0. The molecule has 0 heterocycles.